The number of benzene rings is 1. The fraction of sp³-hybridized carbons (Fsp3) is 0.389. The molecule has 2 aromatic rings. The molecule has 1 fully saturated rings. The summed E-state index contributed by atoms with van der Waals surface area (Å²) in [5.74, 6) is 1.08. The summed E-state index contributed by atoms with van der Waals surface area (Å²) in [6.07, 6.45) is 3.61. The van der Waals surface area contributed by atoms with Gasteiger partial charge in [0, 0.05) is 25.7 Å². The molecule has 3 rings (SSSR count). The van der Waals surface area contributed by atoms with E-state index in [2.05, 4.69) is 20.2 Å². The van der Waals surface area contributed by atoms with Gasteiger partial charge in [0.1, 0.15) is 11.0 Å². The van der Waals surface area contributed by atoms with Crippen LogP contribution in [0.4, 0.5) is 5.82 Å². The molecule has 0 bridgehead atoms. The number of rotatable bonds is 6. The SMILES string of the molecule is O=C(CSc1nc(Cl)cc(N2CCCCC2)n1)NCc1ccccc1. The van der Waals surface area contributed by atoms with Gasteiger partial charge in [0.15, 0.2) is 5.16 Å². The molecule has 0 spiro atoms. The number of piperidine rings is 1. The zero-order valence-electron chi connectivity index (χ0n) is 13.9. The Labute approximate surface area is 157 Å². The van der Waals surface area contributed by atoms with Crippen LogP contribution in [-0.2, 0) is 11.3 Å². The summed E-state index contributed by atoms with van der Waals surface area (Å²) >= 11 is 7.44. The number of thioether (sulfide) groups is 1. The molecular formula is C18H21ClN4OS. The predicted octanol–water partition coefficient (Wildman–Crippen LogP) is 3.53. The number of hydrogen-bond acceptors (Lipinski definition) is 5. The first-order chi connectivity index (χ1) is 12.2. The fourth-order valence-electron chi connectivity index (χ4n) is 2.71. The normalized spacial score (nSPS) is 14.4. The molecule has 0 aliphatic carbocycles. The van der Waals surface area contributed by atoms with Crippen LogP contribution in [0.2, 0.25) is 5.15 Å². The van der Waals surface area contributed by atoms with Crippen LogP contribution >= 0.6 is 23.4 Å². The minimum atomic E-state index is -0.0445. The largest absolute Gasteiger partial charge is 0.356 e. The molecule has 0 saturated carbocycles. The van der Waals surface area contributed by atoms with Crippen molar-refractivity contribution in [2.24, 2.45) is 0 Å². The van der Waals surface area contributed by atoms with E-state index >= 15 is 0 Å². The third-order valence-corrected chi connectivity index (χ3v) is 5.05. The number of nitrogens with zero attached hydrogens (tertiary/aromatic N) is 3. The van der Waals surface area contributed by atoms with Crippen LogP contribution in [0.5, 0.6) is 0 Å². The second kappa shape index (κ2) is 9.06. The number of amides is 1. The third-order valence-electron chi connectivity index (χ3n) is 4.01. The maximum Gasteiger partial charge on any atom is 0.230 e. The minimum Gasteiger partial charge on any atom is -0.356 e. The van der Waals surface area contributed by atoms with Crippen molar-refractivity contribution < 1.29 is 4.79 Å². The minimum absolute atomic E-state index is 0.0445. The molecule has 5 nitrogen and oxygen atoms in total. The Hall–Kier alpha value is -1.79. The van der Waals surface area contributed by atoms with Crippen molar-refractivity contribution in [1.29, 1.82) is 0 Å². The maximum absolute atomic E-state index is 12.0. The summed E-state index contributed by atoms with van der Waals surface area (Å²) in [7, 11) is 0. The van der Waals surface area contributed by atoms with Crippen molar-refractivity contribution in [2.75, 3.05) is 23.7 Å². The van der Waals surface area contributed by atoms with Gasteiger partial charge < -0.3 is 10.2 Å². The average molecular weight is 377 g/mol. The number of carbonyl (C=O) groups excluding carboxylic acids is 1. The molecule has 2 heterocycles. The molecule has 0 radical (unpaired) electrons. The van der Waals surface area contributed by atoms with Crippen molar-refractivity contribution in [1.82, 2.24) is 15.3 Å². The smallest absolute Gasteiger partial charge is 0.230 e. The maximum atomic E-state index is 12.0. The standard InChI is InChI=1S/C18H21ClN4OS/c19-15-11-16(23-9-5-2-6-10-23)22-18(21-15)25-13-17(24)20-12-14-7-3-1-4-8-14/h1,3-4,7-8,11H,2,5-6,9-10,12-13H2,(H,20,24). The number of hydrogen-bond donors (Lipinski definition) is 1. The van der Waals surface area contributed by atoms with Crippen molar-refractivity contribution in [3.8, 4) is 0 Å². The van der Waals surface area contributed by atoms with Crippen LogP contribution in [0, 0.1) is 0 Å². The number of aromatic nitrogens is 2. The van der Waals surface area contributed by atoms with Crippen molar-refractivity contribution >= 4 is 35.1 Å². The fourth-order valence-corrected chi connectivity index (χ4v) is 3.62. The average Bonchev–Trinajstić information content (AvgIpc) is 2.66. The topological polar surface area (TPSA) is 58.1 Å². The Kier molecular flexibility index (Phi) is 6.53. The van der Waals surface area contributed by atoms with Gasteiger partial charge in [-0.15, -0.1) is 0 Å². The summed E-state index contributed by atoms with van der Waals surface area (Å²) in [5, 5.41) is 3.87. The lowest BCUT2D eigenvalue weighted by Crippen LogP contribution is -2.30. The Balaban J connectivity index is 1.53. The van der Waals surface area contributed by atoms with Gasteiger partial charge in [-0.2, -0.15) is 0 Å². The van der Waals surface area contributed by atoms with Gasteiger partial charge in [0.25, 0.3) is 0 Å². The highest BCUT2D eigenvalue weighted by Crippen LogP contribution is 2.24. The zero-order valence-corrected chi connectivity index (χ0v) is 15.5. The molecule has 7 heteroatoms. The monoisotopic (exact) mass is 376 g/mol. The summed E-state index contributed by atoms with van der Waals surface area (Å²) in [5.41, 5.74) is 1.08. The van der Waals surface area contributed by atoms with Crippen molar-refractivity contribution in [2.45, 2.75) is 31.0 Å². The van der Waals surface area contributed by atoms with E-state index in [-0.39, 0.29) is 11.7 Å². The number of nitrogens with one attached hydrogen (secondary N) is 1. The molecule has 1 N–H and O–H groups in total. The predicted molar refractivity (Wildman–Crippen MR) is 102 cm³/mol. The Morgan fingerprint density at radius 1 is 1.16 bits per heavy atom. The Morgan fingerprint density at radius 2 is 1.92 bits per heavy atom. The molecule has 1 aromatic heterocycles. The molecule has 1 aliphatic heterocycles. The van der Waals surface area contributed by atoms with Gasteiger partial charge in [-0.05, 0) is 24.8 Å². The van der Waals surface area contributed by atoms with Crippen LogP contribution in [0.3, 0.4) is 0 Å². The zero-order chi connectivity index (χ0) is 17.5. The molecule has 1 aromatic carbocycles. The van der Waals surface area contributed by atoms with Gasteiger partial charge in [-0.3, -0.25) is 4.79 Å². The quantitative estimate of drug-likeness (QED) is 0.475. The highest BCUT2D eigenvalue weighted by molar-refractivity contribution is 7.99. The lowest BCUT2D eigenvalue weighted by atomic mass is 10.1. The first-order valence-electron chi connectivity index (χ1n) is 8.44. The van der Waals surface area contributed by atoms with E-state index in [0.717, 1.165) is 24.5 Å². The van der Waals surface area contributed by atoms with Gasteiger partial charge in [0.2, 0.25) is 5.91 Å². The highest BCUT2D eigenvalue weighted by Gasteiger charge is 2.15. The Bertz CT molecular complexity index is 707. The number of halogens is 1. The summed E-state index contributed by atoms with van der Waals surface area (Å²) in [6.45, 7) is 2.51. The molecule has 0 atom stereocenters. The van der Waals surface area contributed by atoms with E-state index < -0.39 is 0 Å². The van der Waals surface area contributed by atoms with Gasteiger partial charge in [-0.25, -0.2) is 9.97 Å². The molecule has 1 amide bonds. The molecule has 25 heavy (non-hydrogen) atoms. The number of carbonyl (C=O) groups is 1. The Morgan fingerprint density at radius 3 is 2.68 bits per heavy atom. The van der Waals surface area contributed by atoms with E-state index in [1.165, 1.54) is 31.0 Å². The van der Waals surface area contributed by atoms with Gasteiger partial charge in [0.05, 0.1) is 5.75 Å². The van der Waals surface area contributed by atoms with Gasteiger partial charge >= 0.3 is 0 Å². The lowest BCUT2D eigenvalue weighted by Gasteiger charge is -2.27. The van der Waals surface area contributed by atoms with Crippen LogP contribution in [0.1, 0.15) is 24.8 Å². The van der Waals surface area contributed by atoms with Crippen LogP contribution in [0.25, 0.3) is 0 Å². The third kappa shape index (κ3) is 5.61. The van der Waals surface area contributed by atoms with E-state index in [1.807, 2.05) is 30.3 Å². The second-order valence-electron chi connectivity index (χ2n) is 5.93. The summed E-state index contributed by atoms with van der Waals surface area (Å²) < 4.78 is 0. The van der Waals surface area contributed by atoms with Crippen molar-refractivity contribution in [3.05, 3.63) is 47.1 Å². The van der Waals surface area contributed by atoms with E-state index in [4.69, 9.17) is 11.6 Å². The van der Waals surface area contributed by atoms with E-state index in [1.54, 1.807) is 6.07 Å². The highest BCUT2D eigenvalue weighted by atomic mass is 35.5. The van der Waals surface area contributed by atoms with Gasteiger partial charge in [-0.1, -0.05) is 53.7 Å². The lowest BCUT2D eigenvalue weighted by molar-refractivity contribution is -0.118. The van der Waals surface area contributed by atoms with E-state index in [0.29, 0.717) is 16.9 Å². The molecule has 1 saturated heterocycles. The van der Waals surface area contributed by atoms with Crippen molar-refractivity contribution in [3.63, 3.8) is 0 Å². The second-order valence-corrected chi connectivity index (χ2v) is 7.26. The molecule has 132 valence electrons. The summed E-state index contributed by atoms with van der Waals surface area (Å²) in [6, 6.07) is 11.6. The molecule has 1 aliphatic rings. The van der Waals surface area contributed by atoms with Crippen LogP contribution < -0.4 is 10.2 Å². The first-order valence-corrected chi connectivity index (χ1v) is 9.80. The summed E-state index contributed by atoms with van der Waals surface area (Å²) in [4.78, 5) is 23.1. The first kappa shape index (κ1) is 18.0. The number of anilines is 1. The van der Waals surface area contributed by atoms with Crippen LogP contribution in [0.15, 0.2) is 41.6 Å². The van der Waals surface area contributed by atoms with E-state index in [9.17, 15) is 4.79 Å². The van der Waals surface area contributed by atoms with Crippen LogP contribution in [-0.4, -0.2) is 34.7 Å². The molecular weight excluding hydrogens is 356 g/mol. The molecule has 0 unspecified atom stereocenters.